The number of hydrogen-bond donors (Lipinski definition) is 3. The number of nitrogens with one attached hydrogen (secondary N) is 3. The summed E-state index contributed by atoms with van der Waals surface area (Å²) in [5, 5.41) is 22.1. The van der Waals surface area contributed by atoms with E-state index in [2.05, 4.69) is 20.8 Å². The van der Waals surface area contributed by atoms with Crippen molar-refractivity contribution in [2.24, 2.45) is 0 Å². The van der Waals surface area contributed by atoms with Gasteiger partial charge < -0.3 is 5.32 Å². The number of aromatic amines is 1. The Morgan fingerprint density at radius 1 is 1.32 bits per heavy atom. The van der Waals surface area contributed by atoms with Crippen LogP contribution in [0, 0.1) is 17.0 Å². The molecule has 0 spiro atoms. The molecule has 2 aromatic rings. The second kappa shape index (κ2) is 5.17. The molecule has 0 unspecified atom stereocenters. The highest BCUT2D eigenvalue weighted by atomic mass is 16.6. The molecule has 8 heteroatoms. The van der Waals surface area contributed by atoms with Gasteiger partial charge in [0, 0.05) is 29.6 Å². The van der Waals surface area contributed by atoms with Crippen LogP contribution >= 0.6 is 0 Å². The summed E-state index contributed by atoms with van der Waals surface area (Å²) >= 11 is 0. The van der Waals surface area contributed by atoms with Gasteiger partial charge in [-0.15, -0.1) is 0 Å². The number of urea groups is 1. The molecular weight excluding hydrogens is 250 g/mol. The highest BCUT2D eigenvalue weighted by Gasteiger charge is 2.07. The molecule has 2 rings (SSSR count). The quantitative estimate of drug-likeness (QED) is 0.580. The van der Waals surface area contributed by atoms with Crippen molar-refractivity contribution in [1.29, 1.82) is 0 Å². The van der Waals surface area contributed by atoms with E-state index in [-0.39, 0.29) is 5.69 Å². The predicted octanol–water partition coefficient (Wildman–Crippen LogP) is 2.27. The van der Waals surface area contributed by atoms with Gasteiger partial charge in [-0.3, -0.25) is 20.5 Å². The summed E-state index contributed by atoms with van der Waals surface area (Å²) in [5.41, 5.74) is 1.25. The molecule has 3 N–H and O–H groups in total. The Morgan fingerprint density at radius 2 is 2.00 bits per heavy atom. The normalized spacial score (nSPS) is 9.95. The maximum atomic E-state index is 11.6. The van der Waals surface area contributed by atoms with Gasteiger partial charge in [-0.1, -0.05) is 0 Å². The summed E-state index contributed by atoms with van der Waals surface area (Å²) < 4.78 is 0. The van der Waals surface area contributed by atoms with Crippen LogP contribution in [0.4, 0.5) is 22.0 Å². The van der Waals surface area contributed by atoms with Crippen LogP contribution < -0.4 is 10.6 Å². The molecule has 8 nitrogen and oxygen atoms in total. The SMILES string of the molecule is Cc1cc(NC(=O)Nc2ccc([N+](=O)[O-])cc2)n[nH]1. The van der Waals surface area contributed by atoms with Crippen molar-refractivity contribution in [2.75, 3.05) is 10.6 Å². The number of rotatable bonds is 3. The van der Waals surface area contributed by atoms with Gasteiger partial charge in [0.25, 0.3) is 5.69 Å². The van der Waals surface area contributed by atoms with Gasteiger partial charge >= 0.3 is 6.03 Å². The van der Waals surface area contributed by atoms with Crippen LogP contribution in [0.5, 0.6) is 0 Å². The molecule has 0 aliphatic heterocycles. The van der Waals surface area contributed by atoms with Crippen molar-refractivity contribution in [1.82, 2.24) is 10.2 Å². The standard InChI is InChI=1S/C11H11N5O3/c1-7-6-10(15-14-7)13-11(17)12-8-2-4-9(5-3-8)16(18)19/h2-6H,1H3,(H3,12,13,14,15,17). The Kier molecular flexibility index (Phi) is 3.42. The van der Waals surface area contributed by atoms with Gasteiger partial charge in [0.15, 0.2) is 5.82 Å². The molecule has 0 saturated carbocycles. The molecule has 2 amide bonds. The number of nitro groups is 1. The number of nitrogens with zero attached hydrogens (tertiary/aromatic N) is 2. The smallest absolute Gasteiger partial charge is 0.308 e. The van der Waals surface area contributed by atoms with Gasteiger partial charge in [0.2, 0.25) is 0 Å². The number of hydrogen-bond acceptors (Lipinski definition) is 4. The topological polar surface area (TPSA) is 113 Å². The summed E-state index contributed by atoms with van der Waals surface area (Å²) in [6, 6.07) is 6.74. The molecule has 0 saturated heterocycles. The average Bonchev–Trinajstić information content (AvgIpc) is 2.75. The minimum atomic E-state index is -0.504. The zero-order chi connectivity index (χ0) is 13.8. The summed E-state index contributed by atoms with van der Waals surface area (Å²) in [7, 11) is 0. The lowest BCUT2D eigenvalue weighted by Gasteiger charge is -2.04. The number of anilines is 2. The molecule has 0 bridgehead atoms. The number of nitro benzene ring substituents is 1. The van der Waals surface area contributed by atoms with Crippen LogP contribution in [-0.2, 0) is 0 Å². The van der Waals surface area contributed by atoms with Crippen molar-refractivity contribution in [2.45, 2.75) is 6.92 Å². The molecule has 0 atom stereocenters. The van der Waals surface area contributed by atoms with Crippen LogP contribution in [0.25, 0.3) is 0 Å². The number of amides is 2. The van der Waals surface area contributed by atoms with Crippen molar-refractivity contribution >= 4 is 23.2 Å². The fraction of sp³-hybridized carbons (Fsp3) is 0.0909. The van der Waals surface area contributed by atoms with Crippen molar-refractivity contribution in [3.05, 3.63) is 46.1 Å². The van der Waals surface area contributed by atoms with E-state index in [1.165, 1.54) is 24.3 Å². The molecule has 1 heterocycles. The maximum absolute atomic E-state index is 11.6. The summed E-state index contributed by atoms with van der Waals surface area (Å²) in [5.74, 6) is 0.400. The third kappa shape index (κ3) is 3.28. The van der Waals surface area contributed by atoms with Crippen LogP contribution in [0.2, 0.25) is 0 Å². The average molecular weight is 261 g/mol. The lowest BCUT2D eigenvalue weighted by Crippen LogP contribution is -2.19. The zero-order valence-corrected chi connectivity index (χ0v) is 10.0. The van der Waals surface area contributed by atoms with E-state index in [0.717, 1.165) is 5.69 Å². The van der Waals surface area contributed by atoms with Crippen molar-refractivity contribution in [3.63, 3.8) is 0 Å². The molecule has 1 aromatic heterocycles. The summed E-state index contributed by atoms with van der Waals surface area (Å²) in [4.78, 5) is 21.6. The Morgan fingerprint density at radius 3 is 2.53 bits per heavy atom. The first-order chi connectivity index (χ1) is 9.04. The Hall–Kier alpha value is -2.90. The number of benzene rings is 1. The number of carbonyl (C=O) groups is 1. The third-order valence-corrected chi connectivity index (χ3v) is 2.28. The van der Waals surface area contributed by atoms with E-state index in [0.29, 0.717) is 11.5 Å². The number of aromatic nitrogens is 2. The van der Waals surface area contributed by atoms with Gasteiger partial charge in [-0.05, 0) is 19.1 Å². The van der Waals surface area contributed by atoms with Gasteiger partial charge in [-0.25, -0.2) is 4.79 Å². The fourth-order valence-electron chi connectivity index (χ4n) is 1.43. The lowest BCUT2D eigenvalue weighted by molar-refractivity contribution is -0.384. The lowest BCUT2D eigenvalue weighted by atomic mass is 10.3. The van der Waals surface area contributed by atoms with Crippen LogP contribution in [0.3, 0.4) is 0 Å². The van der Waals surface area contributed by atoms with E-state index in [9.17, 15) is 14.9 Å². The van der Waals surface area contributed by atoms with Gasteiger partial charge in [0.05, 0.1) is 4.92 Å². The highest BCUT2D eigenvalue weighted by molar-refractivity contribution is 5.99. The van der Waals surface area contributed by atoms with Crippen molar-refractivity contribution in [3.8, 4) is 0 Å². The largest absolute Gasteiger partial charge is 0.324 e. The van der Waals surface area contributed by atoms with E-state index in [1.54, 1.807) is 6.07 Å². The van der Waals surface area contributed by atoms with Crippen LogP contribution in [-0.4, -0.2) is 21.2 Å². The first kappa shape index (κ1) is 12.6. The summed E-state index contributed by atoms with van der Waals surface area (Å²) in [6.07, 6.45) is 0. The fourth-order valence-corrected chi connectivity index (χ4v) is 1.43. The van der Waals surface area contributed by atoms with Gasteiger partial charge in [0.1, 0.15) is 0 Å². The van der Waals surface area contributed by atoms with Crippen LogP contribution in [0.1, 0.15) is 5.69 Å². The molecule has 1 aromatic carbocycles. The van der Waals surface area contributed by atoms with Gasteiger partial charge in [-0.2, -0.15) is 5.10 Å². The first-order valence-corrected chi connectivity index (χ1v) is 5.39. The van der Waals surface area contributed by atoms with E-state index in [1.807, 2.05) is 6.92 Å². The molecule has 19 heavy (non-hydrogen) atoms. The molecule has 0 aliphatic rings. The number of aryl methyl sites for hydroxylation is 1. The Balaban J connectivity index is 1.97. The number of carbonyl (C=O) groups excluding carboxylic acids is 1. The molecule has 0 radical (unpaired) electrons. The second-order valence-corrected chi connectivity index (χ2v) is 3.82. The van der Waals surface area contributed by atoms with Crippen LogP contribution in [0.15, 0.2) is 30.3 Å². The monoisotopic (exact) mass is 261 g/mol. The minimum absolute atomic E-state index is 0.0334. The summed E-state index contributed by atoms with van der Waals surface area (Å²) in [6.45, 7) is 1.81. The first-order valence-electron chi connectivity index (χ1n) is 5.39. The maximum Gasteiger partial charge on any atom is 0.324 e. The molecular formula is C11H11N5O3. The van der Waals surface area contributed by atoms with E-state index >= 15 is 0 Å². The molecule has 0 aliphatic carbocycles. The molecule has 98 valence electrons. The van der Waals surface area contributed by atoms with E-state index in [4.69, 9.17) is 0 Å². The zero-order valence-electron chi connectivity index (χ0n) is 10.0. The Labute approximate surface area is 108 Å². The predicted molar refractivity (Wildman–Crippen MR) is 69.1 cm³/mol. The Bertz CT molecular complexity index is 605. The third-order valence-electron chi connectivity index (χ3n) is 2.28. The number of non-ortho nitro benzene ring substituents is 1. The second-order valence-electron chi connectivity index (χ2n) is 3.82. The number of H-pyrrole nitrogens is 1. The van der Waals surface area contributed by atoms with E-state index < -0.39 is 11.0 Å². The minimum Gasteiger partial charge on any atom is -0.308 e. The highest BCUT2D eigenvalue weighted by Crippen LogP contribution is 2.15. The molecule has 0 fully saturated rings. The van der Waals surface area contributed by atoms with Crippen molar-refractivity contribution < 1.29 is 9.72 Å².